The van der Waals surface area contributed by atoms with E-state index in [1.54, 1.807) is 35.8 Å². The van der Waals surface area contributed by atoms with E-state index in [1.807, 2.05) is 25.1 Å². The average Bonchev–Trinajstić information content (AvgIpc) is 2.76. The largest absolute Gasteiger partial charge is 0.507 e. The third-order valence-electron chi connectivity index (χ3n) is 4.87. The fraction of sp³-hybridized carbons (Fsp3) is 0.208. The summed E-state index contributed by atoms with van der Waals surface area (Å²) >= 11 is 0. The Morgan fingerprint density at radius 3 is 2.47 bits per heavy atom. The molecule has 0 saturated heterocycles. The molecule has 0 aliphatic rings. The first kappa shape index (κ1) is 22.7. The van der Waals surface area contributed by atoms with Gasteiger partial charge in [0.05, 0.1) is 17.7 Å². The number of benzene rings is 2. The van der Waals surface area contributed by atoms with Gasteiger partial charge in [-0.2, -0.15) is 0 Å². The number of carbonyl (C=O) groups excluding carboxylic acids is 2. The molecule has 0 radical (unpaired) electrons. The van der Waals surface area contributed by atoms with Crippen LogP contribution in [0.3, 0.4) is 0 Å². The number of hydrogen-bond donors (Lipinski definition) is 1. The van der Waals surface area contributed by atoms with E-state index in [-0.39, 0.29) is 24.5 Å². The number of nitrogens with zero attached hydrogens (tertiary/aromatic N) is 2. The smallest absolute Gasteiger partial charge is 0.379 e. The molecule has 0 unspecified atom stereocenters. The van der Waals surface area contributed by atoms with Gasteiger partial charge in [-0.15, -0.1) is 0 Å². The van der Waals surface area contributed by atoms with Gasteiger partial charge >= 0.3 is 5.97 Å². The number of rotatable bonds is 7. The molecule has 0 atom stereocenters. The molecule has 0 aliphatic carbocycles. The summed E-state index contributed by atoms with van der Waals surface area (Å²) in [6.45, 7) is 1.84. The monoisotopic (exact) mass is 438 g/mol. The van der Waals surface area contributed by atoms with Crippen LogP contribution in [0.2, 0.25) is 0 Å². The number of halogens is 1. The quantitative estimate of drug-likeness (QED) is 0.264. The fourth-order valence-electron chi connectivity index (χ4n) is 3.22. The Morgan fingerprint density at radius 1 is 1.16 bits per heavy atom. The molecule has 3 rings (SSSR count). The third kappa shape index (κ3) is 4.85. The van der Waals surface area contributed by atoms with E-state index in [9.17, 15) is 23.9 Å². The zero-order chi connectivity index (χ0) is 23.4. The van der Waals surface area contributed by atoms with E-state index in [0.29, 0.717) is 17.0 Å². The lowest BCUT2D eigenvalue weighted by molar-refractivity contribution is -0.151. The van der Waals surface area contributed by atoms with Gasteiger partial charge in [0.25, 0.3) is 5.78 Å². The molecule has 0 saturated carbocycles. The van der Waals surface area contributed by atoms with E-state index >= 15 is 0 Å². The maximum Gasteiger partial charge on any atom is 0.379 e. The molecule has 32 heavy (non-hydrogen) atoms. The van der Waals surface area contributed by atoms with E-state index in [4.69, 9.17) is 0 Å². The molecule has 0 fully saturated rings. The first-order valence-corrected chi connectivity index (χ1v) is 9.92. The van der Waals surface area contributed by atoms with Gasteiger partial charge in [0.15, 0.2) is 5.43 Å². The molecule has 1 N–H and O–H groups in total. The number of hydrogen-bond acceptors (Lipinski definition) is 6. The van der Waals surface area contributed by atoms with Crippen molar-refractivity contribution >= 4 is 34.1 Å². The third-order valence-corrected chi connectivity index (χ3v) is 4.87. The number of aliphatic hydroxyl groups excluding tert-OH is 1. The van der Waals surface area contributed by atoms with Gasteiger partial charge in [0.2, 0.25) is 0 Å². The highest BCUT2D eigenvalue weighted by Gasteiger charge is 2.18. The minimum Gasteiger partial charge on any atom is -0.507 e. The van der Waals surface area contributed by atoms with Crippen LogP contribution in [0.4, 0.5) is 10.1 Å². The van der Waals surface area contributed by atoms with Crippen molar-refractivity contribution in [3.8, 4) is 0 Å². The Bertz CT molecular complexity index is 1260. The predicted octanol–water partition coefficient (Wildman–Crippen LogP) is 3.29. The number of esters is 1. The number of aromatic nitrogens is 1. The van der Waals surface area contributed by atoms with Gasteiger partial charge in [0, 0.05) is 44.0 Å². The van der Waals surface area contributed by atoms with Gasteiger partial charge in [-0.1, -0.05) is 12.1 Å². The summed E-state index contributed by atoms with van der Waals surface area (Å²) in [4.78, 5) is 38.5. The summed E-state index contributed by atoms with van der Waals surface area (Å²) in [5.41, 5.74) is 1.58. The van der Waals surface area contributed by atoms with Crippen LogP contribution in [-0.2, 0) is 20.9 Å². The highest BCUT2D eigenvalue weighted by molar-refractivity contribution is 6.39. The zero-order valence-electron chi connectivity index (χ0n) is 18.0. The highest BCUT2D eigenvalue weighted by Crippen LogP contribution is 2.22. The zero-order valence-corrected chi connectivity index (χ0v) is 18.0. The van der Waals surface area contributed by atoms with E-state index in [0.717, 1.165) is 11.3 Å². The minimum absolute atomic E-state index is 0.00777. The Morgan fingerprint density at radius 2 is 1.84 bits per heavy atom. The number of ether oxygens (including phenoxy) is 1. The summed E-state index contributed by atoms with van der Waals surface area (Å²) in [5, 5.41) is 10.8. The SMILES string of the molecule is CCOC(=O)C(=O)C=C(O)c1cn(Cc2ccc(F)cc2)c2cc(N(C)C)ccc2c1=O. The molecule has 166 valence electrons. The van der Waals surface area contributed by atoms with Crippen molar-refractivity contribution in [2.24, 2.45) is 0 Å². The highest BCUT2D eigenvalue weighted by atomic mass is 19.1. The van der Waals surface area contributed by atoms with Gasteiger partial charge in [-0.25, -0.2) is 9.18 Å². The minimum atomic E-state index is -1.12. The van der Waals surface area contributed by atoms with Crippen molar-refractivity contribution in [3.63, 3.8) is 0 Å². The normalized spacial score (nSPS) is 11.4. The first-order chi connectivity index (χ1) is 15.2. The predicted molar refractivity (Wildman–Crippen MR) is 120 cm³/mol. The van der Waals surface area contributed by atoms with Crippen molar-refractivity contribution in [3.05, 3.63) is 81.9 Å². The lowest BCUT2D eigenvalue weighted by Crippen LogP contribution is -2.18. The lowest BCUT2D eigenvalue weighted by Gasteiger charge is -2.17. The molecule has 0 spiro atoms. The van der Waals surface area contributed by atoms with Crippen molar-refractivity contribution < 1.29 is 23.8 Å². The number of fused-ring (bicyclic) bond motifs is 1. The number of ketones is 1. The summed E-state index contributed by atoms with van der Waals surface area (Å²) in [5.74, 6) is -3.20. The molecule has 8 heteroatoms. The molecule has 0 aliphatic heterocycles. The standard InChI is InChI=1S/C24H23FN2O5/c1-4-32-24(31)22(29)12-21(28)19-14-27(13-15-5-7-16(25)8-6-15)20-11-17(26(2)3)9-10-18(20)23(19)30/h5-12,14,28H,4,13H2,1-3H3. The van der Waals surface area contributed by atoms with Crippen LogP contribution in [0.25, 0.3) is 16.7 Å². The van der Waals surface area contributed by atoms with Crippen LogP contribution < -0.4 is 10.3 Å². The maximum absolute atomic E-state index is 13.3. The summed E-state index contributed by atoms with van der Waals surface area (Å²) in [6.07, 6.45) is 2.09. The molecular weight excluding hydrogens is 415 g/mol. The lowest BCUT2D eigenvalue weighted by atomic mass is 10.1. The number of anilines is 1. The van der Waals surface area contributed by atoms with Gasteiger partial charge in [-0.05, 0) is 42.8 Å². The average molecular weight is 438 g/mol. The second-order valence-electron chi connectivity index (χ2n) is 7.34. The van der Waals surface area contributed by atoms with Crippen LogP contribution in [0.5, 0.6) is 0 Å². The van der Waals surface area contributed by atoms with Crippen LogP contribution in [0.1, 0.15) is 18.1 Å². The topological polar surface area (TPSA) is 88.8 Å². The Balaban J connectivity index is 2.17. The fourth-order valence-corrected chi connectivity index (χ4v) is 3.22. The van der Waals surface area contributed by atoms with Crippen molar-refractivity contribution in [1.29, 1.82) is 0 Å². The number of aliphatic hydroxyl groups is 1. The molecule has 0 bridgehead atoms. The van der Waals surface area contributed by atoms with E-state index in [1.165, 1.54) is 18.3 Å². The molecule has 1 aromatic heterocycles. The molecule has 0 amide bonds. The molecule has 7 nitrogen and oxygen atoms in total. The van der Waals surface area contributed by atoms with Gasteiger partial charge in [-0.3, -0.25) is 9.59 Å². The van der Waals surface area contributed by atoms with E-state index in [2.05, 4.69) is 4.74 Å². The number of pyridine rings is 1. The van der Waals surface area contributed by atoms with E-state index < -0.39 is 22.9 Å². The molecule has 1 heterocycles. The number of carbonyl (C=O) groups is 2. The van der Waals surface area contributed by atoms with Crippen molar-refractivity contribution in [2.45, 2.75) is 13.5 Å². The molecular formula is C24H23FN2O5. The van der Waals surface area contributed by atoms with Crippen LogP contribution in [0.15, 0.2) is 59.5 Å². The van der Waals surface area contributed by atoms with Gasteiger partial charge < -0.3 is 19.3 Å². The van der Waals surface area contributed by atoms with Crippen molar-refractivity contribution in [2.75, 3.05) is 25.6 Å². The Kier molecular flexibility index (Phi) is 6.73. The Labute approximate surface area is 184 Å². The van der Waals surface area contributed by atoms with Crippen LogP contribution in [-0.4, -0.2) is 42.1 Å². The Hall–Kier alpha value is -3.94. The first-order valence-electron chi connectivity index (χ1n) is 9.92. The summed E-state index contributed by atoms with van der Waals surface area (Å²) in [6, 6.07) is 11.1. The second-order valence-corrected chi connectivity index (χ2v) is 7.34. The summed E-state index contributed by atoms with van der Waals surface area (Å²) < 4.78 is 19.7. The molecule has 2 aromatic carbocycles. The second kappa shape index (κ2) is 9.47. The van der Waals surface area contributed by atoms with Crippen LogP contribution >= 0.6 is 0 Å². The van der Waals surface area contributed by atoms with Crippen LogP contribution in [0, 0.1) is 5.82 Å². The summed E-state index contributed by atoms with van der Waals surface area (Å²) in [7, 11) is 3.74. The molecule has 3 aromatic rings. The van der Waals surface area contributed by atoms with Gasteiger partial charge in [0.1, 0.15) is 11.6 Å². The maximum atomic E-state index is 13.3. The van der Waals surface area contributed by atoms with Crippen molar-refractivity contribution in [1.82, 2.24) is 4.57 Å².